The van der Waals surface area contributed by atoms with Crippen LogP contribution in [0.1, 0.15) is 53.2 Å². The molecule has 1 saturated heterocycles. The smallest absolute Gasteiger partial charge is 0.222 e. The molecule has 0 bridgehead atoms. The molecule has 114 valence electrons. The van der Waals surface area contributed by atoms with Gasteiger partial charge in [0.1, 0.15) is 0 Å². The van der Waals surface area contributed by atoms with Gasteiger partial charge in [0.25, 0.3) is 0 Å². The van der Waals surface area contributed by atoms with Crippen molar-refractivity contribution in [2.24, 2.45) is 5.92 Å². The highest BCUT2D eigenvalue weighted by molar-refractivity contribution is 6.01. The number of nitrogens with zero attached hydrogens (tertiary/aromatic N) is 1. The van der Waals surface area contributed by atoms with Crippen molar-refractivity contribution in [3.05, 3.63) is 34.4 Å². The summed E-state index contributed by atoms with van der Waals surface area (Å²) in [6.45, 7) is 9.08. The lowest BCUT2D eigenvalue weighted by molar-refractivity contribution is -0.130. The SMILES string of the molecule is Cc1cc(C)c(C(=O)CN2CCC(C)CCC2=O)c(C)c1. The van der Waals surface area contributed by atoms with Gasteiger partial charge in [0.2, 0.25) is 5.91 Å². The number of hydrogen-bond acceptors (Lipinski definition) is 2. The Labute approximate surface area is 127 Å². The minimum absolute atomic E-state index is 0.0629. The molecule has 1 atom stereocenters. The van der Waals surface area contributed by atoms with Crippen molar-refractivity contribution in [3.8, 4) is 0 Å². The number of ketones is 1. The first-order chi connectivity index (χ1) is 9.88. The molecule has 0 aromatic heterocycles. The molecule has 21 heavy (non-hydrogen) atoms. The normalized spacial score (nSPS) is 19.5. The van der Waals surface area contributed by atoms with Crippen LogP contribution in [0.15, 0.2) is 12.1 Å². The van der Waals surface area contributed by atoms with Crippen molar-refractivity contribution in [2.45, 2.75) is 47.0 Å². The Balaban J connectivity index is 2.16. The zero-order valence-electron chi connectivity index (χ0n) is 13.5. The Morgan fingerprint density at radius 1 is 1.19 bits per heavy atom. The molecule has 1 heterocycles. The molecule has 1 aliphatic heterocycles. The maximum atomic E-state index is 12.6. The Hall–Kier alpha value is -1.64. The van der Waals surface area contributed by atoms with Gasteiger partial charge < -0.3 is 4.90 Å². The zero-order chi connectivity index (χ0) is 15.6. The first-order valence-corrected chi connectivity index (χ1v) is 7.77. The summed E-state index contributed by atoms with van der Waals surface area (Å²) >= 11 is 0. The summed E-state index contributed by atoms with van der Waals surface area (Å²) in [6, 6.07) is 4.07. The molecule has 3 heteroatoms. The summed E-state index contributed by atoms with van der Waals surface area (Å²) in [4.78, 5) is 26.5. The Bertz CT molecular complexity index is 539. The number of likely N-dealkylation sites (tertiary alicyclic amines) is 1. The van der Waals surface area contributed by atoms with Gasteiger partial charge in [0.05, 0.1) is 6.54 Å². The number of carbonyl (C=O) groups is 2. The van der Waals surface area contributed by atoms with Crippen LogP contribution in [-0.2, 0) is 4.79 Å². The van der Waals surface area contributed by atoms with E-state index < -0.39 is 0 Å². The molecule has 2 rings (SSSR count). The first kappa shape index (κ1) is 15.7. The molecule has 3 nitrogen and oxygen atoms in total. The van der Waals surface area contributed by atoms with Crippen LogP contribution in [0, 0.1) is 26.7 Å². The Morgan fingerprint density at radius 3 is 2.43 bits per heavy atom. The summed E-state index contributed by atoms with van der Waals surface area (Å²) in [5, 5.41) is 0. The van der Waals surface area contributed by atoms with E-state index >= 15 is 0 Å². The lowest BCUT2D eigenvalue weighted by Gasteiger charge is -2.21. The number of hydrogen-bond donors (Lipinski definition) is 0. The molecule has 0 aliphatic carbocycles. The van der Waals surface area contributed by atoms with Crippen molar-refractivity contribution in [1.82, 2.24) is 4.90 Å². The maximum absolute atomic E-state index is 12.6. The summed E-state index contributed by atoms with van der Waals surface area (Å²) < 4.78 is 0. The summed E-state index contributed by atoms with van der Waals surface area (Å²) in [6.07, 6.45) is 2.50. The minimum atomic E-state index is 0.0629. The fourth-order valence-corrected chi connectivity index (χ4v) is 3.21. The van der Waals surface area contributed by atoms with Crippen LogP contribution in [0.3, 0.4) is 0 Å². The van der Waals surface area contributed by atoms with Gasteiger partial charge >= 0.3 is 0 Å². The van der Waals surface area contributed by atoms with Gasteiger partial charge in [-0.25, -0.2) is 0 Å². The predicted octanol–water partition coefficient (Wildman–Crippen LogP) is 3.44. The van der Waals surface area contributed by atoms with Crippen molar-refractivity contribution < 1.29 is 9.59 Å². The molecule has 1 unspecified atom stereocenters. The molecule has 0 radical (unpaired) electrons. The van der Waals surface area contributed by atoms with E-state index in [1.165, 1.54) is 5.56 Å². The highest BCUT2D eigenvalue weighted by Gasteiger charge is 2.23. The molecule has 0 spiro atoms. The molecule has 0 saturated carbocycles. The van der Waals surface area contributed by atoms with E-state index in [-0.39, 0.29) is 18.2 Å². The van der Waals surface area contributed by atoms with E-state index in [4.69, 9.17) is 0 Å². The van der Waals surface area contributed by atoms with Crippen molar-refractivity contribution >= 4 is 11.7 Å². The molecular formula is C18H25NO2. The maximum Gasteiger partial charge on any atom is 0.222 e. The molecule has 0 N–H and O–H groups in total. The van der Waals surface area contributed by atoms with Crippen LogP contribution in [0.4, 0.5) is 0 Å². The van der Waals surface area contributed by atoms with Crippen LogP contribution in [0.25, 0.3) is 0 Å². The largest absolute Gasteiger partial charge is 0.335 e. The quantitative estimate of drug-likeness (QED) is 0.799. The van der Waals surface area contributed by atoms with Gasteiger partial charge in [-0.05, 0) is 50.7 Å². The van der Waals surface area contributed by atoms with Gasteiger partial charge in [-0.2, -0.15) is 0 Å². The van der Waals surface area contributed by atoms with Crippen LogP contribution < -0.4 is 0 Å². The predicted molar refractivity (Wildman–Crippen MR) is 84.6 cm³/mol. The fourth-order valence-electron chi connectivity index (χ4n) is 3.21. The number of Topliss-reactive ketones (excluding diaryl/α,β-unsaturated/α-hetero) is 1. The molecule has 1 fully saturated rings. The third-order valence-corrected chi connectivity index (χ3v) is 4.39. The second-order valence-electron chi connectivity index (χ2n) is 6.44. The number of rotatable bonds is 3. The first-order valence-electron chi connectivity index (χ1n) is 7.77. The zero-order valence-corrected chi connectivity index (χ0v) is 13.5. The summed E-state index contributed by atoms with van der Waals surface area (Å²) in [5.41, 5.74) is 3.97. The second-order valence-corrected chi connectivity index (χ2v) is 6.44. The van der Waals surface area contributed by atoms with E-state index in [9.17, 15) is 9.59 Å². The van der Waals surface area contributed by atoms with Gasteiger partial charge in [-0.3, -0.25) is 9.59 Å². The summed E-state index contributed by atoms with van der Waals surface area (Å²) in [7, 11) is 0. The highest BCUT2D eigenvalue weighted by atomic mass is 16.2. The van der Waals surface area contributed by atoms with E-state index in [1.807, 2.05) is 32.9 Å². The van der Waals surface area contributed by atoms with E-state index in [1.54, 1.807) is 4.90 Å². The topological polar surface area (TPSA) is 37.4 Å². The van der Waals surface area contributed by atoms with Gasteiger partial charge in [-0.15, -0.1) is 0 Å². The fraction of sp³-hybridized carbons (Fsp3) is 0.556. The van der Waals surface area contributed by atoms with Crippen molar-refractivity contribution in [1.29, 1.82) is 0 Å². The lowest BCUT2D eigenvalue weighted by atomic mass is 9.96. The number of benzene rings is 1. The molecule has 1 amide bonds. The second kappa shape index (κ2) is 6.42. The van der Waals surface area contributed by atoms with Crippen molar-refractivity contribution in [3.63, 3.8) is 0 Å². The molecular weight excluding hydrogens is 262 g/mol. The standard InChI is InChI=1S/C18H25NO2/c1-12-5-6-17(21)19(8-7-12)11-16(20)18-14(3)9-13(2)10-15(18)4/h9-10,12H,5-8,11H2,1-4H3. The van der Waals surface area contributed by atoms with E-state index in [2.05, 4.69) is 6.92 Å². The minimum Gasteiger partial charge on any atom is -0.335 e. The van der Waals surface area contributed by atoms with E-state index in [0.717, 1.165) is 29.5 Å². The van der Waals surface area contributed by atoms with Gasteiger partial charge in [0.15, 0.2) is 5.78 Å². The highest BCUT2D eigenvalue weighted by Crippen LogP contribution is 2.20. The number of carbonyl (C=O) groups excluding carboxylic acids is 2. The molecule has 1 aromatic carbocycles. The number of amides is 1. The van der Waals surface area contributed by atoms with Gasteiger partial charge in [0, 0.05) is 18.5 Å². The van der Waals surface area contributed by atoms with Crippen molar-refractivity contribution in [2.75, 3.05) is 13.1 Å². The number of aryl methyl sites for hydroxylation is 3. The lowest BCUT2D eigenvalue weighted by Crippen LogP contribution is -2.35. The van der Waals surface area contributed by atoms with Crippen LogP contribution >= 0.6 is 0 Å². The van der Waals surface area contributed by atoms with Crippen LogP contribution in [0.2, 0.25) is 0 Å². The monoisotopic (exact) mass is 287 g/mol. The summed E-state index contributed by atoms with van der Waals surface area (Å²) in [5.74, 6) is 0.750. The molecule has 1 aromatic rings. The van der Waals surface area contributed by atoms with Crippen LogP contribution in [0.5, 0.6) is 0 Å². The van der Waals surface area contributed by atoms with E-state index in [0.29, 0.717) is 18.9 Å². The van der Waals surface area contributed by atoms with Crippen LogP contribution in [-0.4, -0.2) is 29.7 Å². The average Bonchev–Trinajstić information content (AvgIpc) is 2.53. The average molecular weight is 287 g/mol. The third kappa shape index (κ3) is 3.72. The third-order valence-electron chi connectivity index (χ3n) is 4.39. The molecule has 1 aliphatic rings. The Kier molecular flexibility index (Phi) is 4.81. The van der Waals surface area contributed by atoms with Gasteiger partial charge in [-0.1, -0.05) is 24.6 Å². The Morgan fingerprint density at radius 2 is 1.81 bits per heavy atom.